The minimum Gasteiger partial charge on any atom is -0.393 e. The second kappa shape index (κ2) is 3.93. The topological polar surface area (TPSA) is 38.1 Å². The minimum absolute atomic E-state index is 0.160. The number of rotatable bonds is 1. The van der Waals surface area contributed by atoms with Gasteiger partial charge in [0.05, 0.1) is 30.4 Å². The Balaban J connectivity index is 1.82. The van der Waals surface area contributed by atoms with Gasteiger partial charge in [0.1, 0.15) is 0 Å². The Bertz CT molecular complexity index is 534. The molecule has 1 aliphatic heterocycles. The monoisotopic (exact) mass is 260 g/mol. The highest BCUT2D eigenvalue weighted by Gasteiger charge is 2.39. The molecule has 0 amide bonds. The summed E-state index contributed by atoms with van der Waals surface area (Å²) in [7, 11) is 0. The lowest BCUT2D eigenvalue weighted by Crippen LogP contribution is -2.31. The number of aromatic nitrogens is 2. The summed E-state index contributed by atoms with van der Waals surface area (Å²) in [5.74, 6) is 0.353. The number of fused-ring (bicyclic) bond motifs is 3. The number of aliphatic hydroxyl groups is 1. The van der Waals surface area contributed by atoms with E-state index in [9.17, 15) is 5.11 Å². The molecule has 0 saturated heterocycles. The van der Waals surface area contributed by atoms with Crippen LogP contribution in [-0.4, -0.2) is 20.8 Å². The van der Waals surface area contributed by atoms with E-state index in [1.807, 2.05) is 23.9 Å². The SMILES string of the molecule is O[C@@H]1CCCC[C@H]1C1c2sccc2-c2cncn21. The van der Waals surface area contributed by atoms with Crippen LogP contribution in [-0.2, 0) is 0 Å². The molecule has 3 nitrogen and oxygen atoms in total. The van der Waals surface area contributed by atoms with Gasteiger partial charge in [0.25, 0.3) is 0 Å². The van der Waals surface area contributed by atoms with Crippen LogP contribution in [0.3, 0.4) is 0 Å². The van der Waals surface area contributed by atoms with Gasteiger partial charge in [-0.05, 0) is 24.3 Å². The molecule has 4 rings (SSSR count). The van der Waals surface area contributed by atoms with E-state index in [1.54, 1.807) is 0 Å². The molecule has 1 unspecified atom stereocenters. The lowest BCUT2D eigenvalue weighted by atomic mass is 9.81. The van der Waals surface area contributed by atoms with Crippen molar-refractivity contribution in [2.75, 3.05) is 0 Å². The third-order valence-corrected chi connectivity index (χ3v) is 5.38. The summed E-state index contributed by atoms with van der Waals surface area (Å²) in [6.07, 6.45) is 8.19. The summed E-state index contributed by atoms with van der Waals surface area (Å²) < 4.78 is 2.26. The van der Waals surface area contributed by atoms with E-state index in [2.05, 4.69) is 21.0 Å². The zero-order valence-electron chi connectivity index (χ0n) is 10.1. The fourth-order valence-electron chi connectivity index (χ4n) is 3.53. The van der Waals surface area contributed by atoms with Crippen molar-refractivity contribution >= 4 is 11.3 Å². The molecule has 4 heteroatoms. The maximum Gasteiger partial charge on any atom is 0.0957 e. The number of aliphatic hydroxyl groups excluding tert-OH is 1. The molecule has 1 N–H and O–H groups in total. The smallest absolute Gasteiger partial charge is 0.0957 e. The predicted octanol–water partition coefficient (Wildman–Crippen LogP) is 3.07. The molecule has 3 atom stereocenters. The molecule has 1 fully saturated rings. The van der Waals surface area contributed by atoms with Gasteiger partial charge in [0.15, 0.2) is 0 Å². The zero-order valence-corrected chi connectivity index (χ0v) is 10.9. The highest BCUT2D eigenvalue weighted by Crippen LogP contribution is 2.49. The van der Waals surface area contributed by atoms with Crippen LogP contribution in [0.2, 0.25) is 0 Å². The first-order chi connectivity index (χ1) is 8.86. The first-order valence-corrected chi connectivity index (χ1v) is 7.52. The first kappa shape index (κ1) is 10.8. The first-order valence-electron chi connectivity index (χ1n) is 6.64. The van der Waals surface area contributed by atoms with E-state index in [1.165, 1.54) is 29.0 Å². The van der Waals surface area contributed by atoms with Crippen LogP contribution in [0.1, 0.15) is 36.6 Å². The average molecular weight is 260 g/mol. The number of thiophene rings is 1. The zero-order chi connectivity index (χ0) is 12.1. The summed E-state index contributed by atoms with van der Waals surface area (Å²) >= 11 is 1.82. The molecule has 1 aliphatic carbocycles. The standard InChI is InChI=1S/C14H16N2OS/c17-12-4-2-1-3-10(12)13-14-9(5-6-18-14)11-7-15-8-16(11)13/h5-8,10,12-13,17H,1-4H2/t10-,12-,13?/m1/s1. The molecule has 1 saturated carbocycles. The fraction of sp³-hybridized carbons (Fsp3) is 0.500. The van der Waals surface area contributed by atoms with Crippen LogP contribution >= 0.6 is 11.3 Å². The van der Waals surface area contributed by atoms with Crippen LogP contribution in [0.5, 0.6) is 0 Å². The van der Waals surface area contributed by atoms with E-state index in [0.717, 1.165) is 12.8 Å². The third-order valence-electron chi connectivity index (χ3n) is 4.39. The molecule has 0 bridgehead atoms. The number of hydrogen-bond acceptors (Lipinski definition) is 3. The van der Waals surface area contributed by atoms with Gasteiger partial charge in [0, 0.05) is 16.4 Å². The molecule has 0 spiro atoms. The van der Waals surface area contributed by atoms with E-state index >= 15 is 0 Å². The summed E-state index contributed by atoms with van der Waals surface area (Å²) in [6, 6.07) is 2.50. The molecule has 3 heterocycles. The van der Waals surface area contributed by atoms with Crippen molar-refractivity contribution in [2.24, 2.45) is 5.92 Å². The number of imidazole rings is 1. The van der Waals surface area contributed by atoms with Crippen molar-refractivity contribution in [3.8, 4) is 11.3 Å². The Labute approximate surface area is 110 Å². The van der Waals surface area contributed by atoms with Crippen LogP contribution in [0.4, 0.5) is 0 Å². The number of nitrogens with zero attached hydrogens (tertiary/aromatic N) is 2. The van der Waals surface area contributed by atoms with Crippen LogP contribution < -0.4 is 0 Å². The largest absolute Gasteiger partial charge is 0.393 e. The van der Waals surface area contributed by atoms with Crippen molar-refractivity contribution in [3.05, 3.63) is 28.8 Å². The summed E-state index contributed by atoms with van der Waals surface area (Å²) in [5.41, 5.74) is 2.54. The highest BCUT2D eigenvalue weighted by atomic mass is 32.1. The Hall–Kier alpha value is -1.13. The van der Waals surface area contributed by atoms with E-state index < -0.39 is 0 Å². The van der Waals surface area contributed by atoms with Gasteiger partial charge in [-0.1, -0.05) is 12.8 Å². The minimum atomic E-state index is -0.160. The molecule has 0 aromatic carbocycles. The molecule has 94 valence electrons. The molecular weight excluding hydrogens is 244 g/mol. The molecule has 0 radical (unpaired) electrons. The molecule has 2 aromatic rings. The van der Waals surface area contributed by atoms with Crippen molar-refractivity contribution < 1.29 is 5.11 Å². The van der Waals surface area contributed by atoms with Gasteiger partial charge >= 0.3 is 0 Å². The van der Waals surface area contributed by atoms with Gasteiger partial charge in [-0.25, -0.2) is 4.98 Å². The second-order valence-corrected chi connectivity index (χ2v) is 6.29. The Morgan fingerprint density at radius 3 is 3.11 bits per heavy atom. The van der Waals surface area contributed by atoms with Crippen molar-refractivity contribution in [1.29, 1.82) is 0 Å². The lowest BCUT2D eigenvalue weighted by molar-refractivity contribution is 0.0510. The van der Waals surface area contributed by atoms with Crippen molar-refractivity contribution in [1.82, 2.24) is 9.55 Å². The Morgan fingerprint density at radius 1 is 1.33 bits per heavy atom. The quantitative estimate of drug-likeness (QED) is 0.855. The maximum atomic E-state index is 10.3. The van der Waals surface area contributed by atoms with Gasteiger partial charge < -0.3 is 9.67 Å². The Morgan fingerprint density at radius 2 is 2.22 bits per heavy atom. The van der Waals surface area contributed by atoms with E-state index in [-0.39, 0.29) is 6.10 Å². The van der Waals surface area contributed by atoms with Crippen LogP contribution in [0, 0.1) is 5.92 Å². The second-order valence-electron chi connectivity index (χ2n) is 5.35. The summed E-state index contributed by atoms with van der Waals surface area (Å²) in [4.78, 5) is 5.69. The van der Waals surface area contributed by atoms with Gasteiger partial charge in [-0.2, -0.15) is 0 Å². The summed E-state index contributed by atoms with van der Waals surface area (Å²) in [6.45, 7) is 0. The van der Waals surface area contributed by atoms with E-state index in [0.29, 0.717) is 12.0 Å². The van der Waals surface area contributed by atoms with Crippen LogP contribution in [0.25, 0.3) is 11.3 Å². The normalized spacial score (nSPS) is 30.2. The van der Waals surface area contributed by atoms with Crippen LogP contribution in [0.15, 0.2) is 24.0 Å². The van der Waals surface area contributed by atoms with Crippen molar-refractivity contribution in [2.45, 2.75) is 37.8 Å². The molecule has 2 aliphatic rings. The number of hydrogen-bond donors (Lipinski definition) is 1. The van der Waals surface area contributed by atoms with Gasteiger partial charge in [-0.15, -0.1) is 11.3 Å². The maximum absolute atomic E-state index is 10.3. The van der Waals surface area contributed by atoms with Crippen molar-refractivity contribution in [3.63, 3.8) is 0 Å². The average Bonchev–Trinajstić information content (AvgIpc) is 3.02. The van der Waals surface area contributed by atoms with Gasteiger partial charge in [-0.3, -0.25) is 0 Å². The summed E-state index contributed by atoms with van der Waals surface area (Å²) in [5, 5.41) is 12.5. The predicted molar refractivity (Wildman–Crippen MR) is 71.6 cm³/mol. The highest BCUT2D eigenvalue weighted by molar-refractivity contribution is 7.10. The molecule has 2 aromatic heterocycles. The third kappa shape index (κ3) is 1.36. The fourth-order valence-corrected chi connectivity index (χ4v) is 4.61. The molecular formula is C14H16N2OS. The lowest BCUT2D eigenvalue weighted by Gasteiger charge is -2.33. The van der Waals surface area contributed by atoms with Gasteiger partial charge in [0.2, 0.25) is 0 Å². The Kier molecular flexibility index (Phi) is 2.35. The molecule has 18 heavy (non-hydrogen) atoms. The van der Waals surface area contributed by atoms with E-state index in [4.69, 9.17) is 0 Å².